The molecule has 1 aliphatic heterocycles. The van der Waals surface area contributed by atoms with Crippen molar-refractivity contribution in [1.82, 2.24) is 5.32 Å². The Morgan fingerprint density at radius 2 is 1.91 bits per heavy atom. The Hall–Kier alpha value is -3.57. The van der Waals surface area contributed by atoms with E-state index in [2.05, 4.69) is 11.4 Å². The lowest BCUT2D eigenvalue weighted by Gasteiger charge is -2.33. The Labute approximate surface area is 208 Å². The maximum absolute atomic E-state index is 12.5. The van der Waals surface area contributed by atoms with Crippen molar-refractivity contribution >= 4 is 17.5 Å². The second-order valence-electron chi connectivity index (χ2n) is 8.54. The molecular weight excluding hydrogens is 468 g/mol. The Kier molecular flexibility index (Phi) is 7.27. The first kappa shape index (κ1) is 24.6. The highest BCUT2D eigenvalue weighted by Crippen LogP contribution is 2.43. The lowest BCUT2D eigenvalue weighted by molar-refractivity contribution is -0.168. The van der Waals surface area contributed by atoms with Gasteiger partial charge in [0.1, 0.15) is 23.3 Å². The molecule has 0 radical (unpaired) electrons. The van der Waals surface area contributed by atoms with E-state index in [-0.39, 0.29) is 17.2 Å². The van der Waals surface area contributed by atoms with Crippen LogP contribution in [0.2, 0.25) is 5.02 Å². The first-order valence-corrected chi connectivity index (χ1v) is 11.6. The second kappa shape index (κ2) is 10.4. The topological polar surface area (TPSA) is 112 Å². The van der Waals surface area contributed by atoms with Gasteiger partial charge in [-0.25, -0.2) is 0 Å². The number of ether oxygens (including phenoxy) is 2. The van der Waals surface area contributed by atoms with Crippen molar-refractivity contribution in [2.75, 3.05) is 13.2 Å². The zero-order valence-corrected chi connectivity index (χ0v) is 19.9. The summed E-state index contributed by atoms with van der Waals surface area (Å²) in [5, 5.41) is 33.4. The average Bonchev–Trinajstić information content (AvgIpc) is 2.84. The quantitative estimate of drug-likeness (QED) is 0.417. The van der Waals surface area contributed by atoms with Crippen LogP contribution in [0.25, 0.3) is 0 Å². The van der Waals surface area contributed by atoms with Crippen molar-refractivity contribution in [2.45, 2.75) is 31.5 Å². The van der Waals surface area contributed by atoms with Crippen molar-refractivity contribution in [1.29, 1.82) is 5.26 Å². The second-order valence-corrected chi connectivity index (χ2v) is 8.98. The van der Waals surface area contributed by atoms with Gasteiger partial charge in [0.15, 0.2) is 5.79 Å². The first-order valence-electron chi connectivity index (χ1n) is 11.2. The highest BCUT2D eigenvalue weighted by Gasteiger charge is 2.36. The number of nitrogens with zero attached hydrogens (tertiary/aromatic N) is 1. The van der Waals surface area contributed by atoms with E-state index in [0.29, 0.717) is 53.6 Å². The molecule has 8 heteroatoms. The van der Waals surface area contributed by atoms with E-state index in [1.165, 1.54) is 6.92 Å². The Bertz CT molecular complexity index is 1240. The monoisotopic (exact) mass is 492 g/mol. The highest BCUT2D eigenvalue weighted by molar-refractivity contribution is 6.30. The SMILES string of the molecule is CC(O)(O)C1CCOc2cc(Oc3ccc(C(=O)NCCc4ccc(Cl)cc4)cc3)c(C#N)cc21. The molecule has 0 saturated carbocycles. The summed E-state index contributed by atoms with van der Waals surface area (Å²) in [5.74, 6) is -1.54. The lowest BCUT2D eigenvalue weighted by Crippen LogP contribution is -2.35. The first-order chi connectivity index (χ1) is 16.7. The third-order valence-electron chi connectivity index (χ3n) is 5.89. The molecule has 7 nitrogen and oxygen atoms in total. The number of rotatable bonds is 7. The normalized spacial score (nSPS) is 14.9. The smallest absolute Gasteiger partial charge is 0.251 e. The summed E-state index contributed by atoms with van der Waals surface area (Å²) < 4.78 is 11.6. The van der Waals surface area contributed by atoms with Gasteiger partial charge in [0.2, 0.25) is 0 Å². The van der Waals surface area contributed by atoms with Gasteiger partial charge < -0.3 is 25.0 Å². The molecule has 3 N–H and O–H groups in total. The van der Waals surface area contributed by atoms with Crippen molar-refractivity contribution < 1.29 is 24.5 Å². The number of carbonyl (C=O) groups excluding carboxylic acids is 1. The van der Waals surface area contributed by atoms with Crippen LogP contribution in [0.1, 0.15) is 46.3 Å². The van der Waals surface area contributed by atoms with E-state index in [4.69, 9.17) is 21.1 Å². The van der Waals surface area contributed by atoms with Gasteiger partial charge in [0, 0.05) is 34.7 Å². The van der Waals surface area contributed by atoms with E-state index in [1.54, 1.807) is 36.4 Å². The highest BCUT2D eigenvalue weighted by atomic mass is 35.5. The summed E-state index contributed by atoms with van der Waals surface area (Å²) in [6, 6.07) is 19.3. The van der Waals surface area contributed by atoms with Crippen LogP contribution in [0.15, 0.2) is 60.7 Å². The molecule has 1 heterocycles. The number of hydrogen-bond donors (Lipinski definition) is 3. The van der Waals surface area contributed by atoms with Gasteiger partial charge in [0.05, 0.1) is 12.2 Å². The maximum atomic E-state index is 12.5. The van der Waals surface area contributed by atoms with Crippen LogP contribution in [-0.2, 0) is 6.42 Å². The summed E-state index contributed by atoms with van der Waals surface area (Å²) in [6.45, 7) is 2.13. The summed E-state index contributed by atoms with van der Waals surface area (Å²) in [5.41, 5.74) is 2.36. The minimum absolute atomic E-state index is 0.201. The third-order valence-corrected chi connectivity index (χ3v) is 6.14. The van der Waals surface area contributed by atoms with Gasteiger partial charge in [-0.2, -0.15) is 5.26 Å². The summed E-state index contributed by atoms with van der Waals surface area (Å²) in [6.07, 6.45) is 1.11. The lowest BCUT2D eigenvalue weighted by atomic mass is 9.85. The van der Waals surface area contributed by atoms with Crippen LogP contribution >= 0.6 is 11.6 Å². The molecule has 3 aromatic rings. The molecule has 0 aromatic heterocycles. The van der Waals surface area contributed by atoms with E-state index in [1.807, 2.05) is 24.3 Å². The minimum Gasteiger partial charge on any atom is -0.493 e. The van der Waals surface area contributed by atoms with Gasteiger partial charge in [-0.1, -0.05) is 23.7 Å². The van der Waals surface area contributed by atoms with Crippen LogP contribution in [0, 0.1) is 11.3 Å². The number of carbonyl (C=O) groups is 1. The fourth-order valence-electron chi connectivity index (χ4n) is 4.03. The molecule has 0 saturated heterocycles. The van der Waals surface area contributed by atoms with Crippen molar-refractivity contribution in [3.8, 4) is 23.3 Å². The molecule has 0 bridgehead atoms. The molecule has 3 aromatic carbocycles. The van der Waals surface area contributed by atoms with E-state index < -0.39 is 11.7 Å². The van der Waals surface area contributed by atoms with Gasteiger partial charge in [0.25, 0.3) is 5.91 Å². The van der Waals surface area contributed by atoms with Gasteiger partial charge in [-0.3, -0.25) is 4.79 Å². The zero-order valence-electron chi connectivity index (χ0n) is 19.1. The number of nitriles is 1. The fraction of sp³-hybridized carbons (Fsp3) is 0.259. The number of halogens is 1. The molecule has 4 rings (SSSR count). The minimum atomic E-state index is -1.93. The number of fused-ring (bicyclic) bond motifs is 1. The van der Waals surface area contributed by atoms with Crippen molar-refractivity contribution in [3.05, 3.63) is 87.9 Å². The molecule has 180 valence electrons. The molecule has 0 spiro atoms. The molecule has 0 aliphatic carbocycles. The van der Waals surface area contributed by atoms with Gasteiger partial charge in [-0.05, 0) is 67.8 Å². The number of amides is 1. The molecule has 1 unspecified atom stereocenters. The molecule has 1 amide bonds. The van der Waals surface area contributed by atoms with Crippen LogP contribution in [0.3, 0.4) is 0 Å². The van der Waals surface area contributed by atoms with Gasteiger partial charge in [-0.15, -0.1) is 0 Å². The maximum Gasteiger partial charge on any atom is 0.251 e. The number of hydrogen-bond acceptors (Lipinski definition) is 6. The number of benzene rings is 3. The zero-order chi connectivity index (χ0) is 25.0. The number of nitrogens with one attached hydrogen (secondary N) is 1. The van der Waals surface area contributed by atoms with E-state index >= 15 is 0 Å². The largest absolute Gasteiger partial charge is 0.493 e. The summed E-state index contributed by atoms with van der Waals surface area (Å²) in [7, 11) is 0. The van der Waals surface area contributed by atoms with Crippen LogP contribution in [0.4, 0.5) is 0 Å². The molecule has 1 atom stereocenters. The third kappa shape index (κ3) is 5.92. The predicted molar refractivity (Wildman–Crippen MR) is 131 cm³/mol. The standard InChI is InChI=1S/C27H25ClN2O5/c1-27(32,33)23-11-13-34-25-15-24(19(16-29)14-22(23)25)35-21-8-4-18(5-9-21)26(31)30-12-10-17-2-6-20(28)7-3-17/h2-9,14-15,23,32-33H,10-13H2,1H3,(H,30,31). The number of aliphatic hydroxyl groups is 2. The average molecular weight is 493 g/mol. The Morgan fingerprint density at radius 3 is 2.57 bits per heavy atom. The Balaban J connectivity index is 1.42. The fourth-order valence-corrected chi connectivity index (χ4v) is 4.16. The van der Waals surface area contributed by atoms with Crippen LogP contribution in [0.5, 0.6) is 17.2 Å². The summed E-state index contributed by atoms with van der Waals surface area (Å²) in [4.78, 5) is 12.5. The van der Waals surface area contributed by atoms with Crippen LogP contribution in [-0.4, -0.2) is 35.1 Å². The van der Waals surface area contributed by atoms with E-state index in [9.17, 15) is 20.3 Å². The predicted octanol–water partition coefficient (Wildman–Crippen LogP) is 4.54. The van der Waals surface area contributed by atoms with Crippen LogP contribution < -0.4 is 14.8 Å². The Morgan fingerprint density at radius 1 is 1.20 bits per heavy atom. The van der Waals surface area contributed by atoms with Crippen molar-refractivity contribution in [3.63, 3.8) is 0 Å². The molecule has 1 aliphatic rings. The van der Waals surface area contributed by atoms with E-state index in [0.717, 1.165) is 5.56 Å². The molecule has 35 heavy (non-hydrogen) atoms. The van der Waals surface area contributed by atoms with Crippen molar-refractivity contribution in [2.24, 2.45) is 0 Å². The van der Waals surface area contributed by atoms with Gasteiger partial charge >= 0.3 is 0 Å². The molecule has 0 fully saturated rings. The molecular formula is C27H25ClN2O5. The summed E-state index contributed by atoms with van der Waals surface area (Å²) >= 11 is 5.89.